The minimum Gasteiger partial charge on any atom is -0.354 e. The van der Waals surface area contributed by atoms with Crippen LogP contribution < -0.4 is 15.8 Å². The molecule has 1 atom stereocenters. The summed E-state index contributed by atoms with van der Waals surface area (Å²) in [6, 6.07) is 16.7. The average Bonchev–Trinajstić information content (AvgIpc) is 2.81. The molecule has 0 spiro atoms. The van der Waals surface area contributed by atoms with E-state index in [0.29, 0.717) is 29.0 Å². The van der Waals surface area contributed by atoms with Crippen LogP contribution in [-0.2, 0) is 4.79 Å². The molecule has 1 aliphatic heterocycles. The summed E-state index contributed by atoms with van der Waals surface area (Å²) in [7, 11) is 0. The molecule has 1 amide bonds. The van der Waals surface area contributed by atoms with E-state index in [4.69, 9.17) is 11.6 Å². The van der Waals surface area contributed by atoms with Crippen molar-refractivity contribution < 1.29 is 4.79 Å². The van der Waals surface area contributed by atoms with Gasteiger partial charge in [0.05, 0.1) is 11.6 Å². The van der Waals surface area contributed by atoms with Crippen molar-refractivity contribution >= 4 is 29.0 Å². The van der Waals surface area contributed by atoms with Crippen LogP contribution in [0.25, 0.3) is 5.69 Å². The predicted molar refractivity (Wildman–Crippen MR) is 134 cm³/mol. The first kappa shape index (κ1) is 23.1. The number of carbonyl (C=O) groups is 1. The van der Waals surface area contributed by atoms with Gasteiger partial charge in [-0.25, -0.2) is 0 Å². The van der Waals surface area contributed by atoms with Gasteiger partial charge in [0.1, 0.15) is 5.82 Å². The summed E-state index contributed by atoms with van der Waals surface area (Å²) in [5.74, 6) is 0.980. The Labute approximate surface area is 199 Å². The van der Waals surface area contributed by atoms with Gasteiger partial charge in [0.15, 0.2) is 0 Å². The molecule has 2 heterocycles. The number of nitrogens with zero attached hydrogens (tertiary/aromatic N) is 3. The molecule has 1 aromatic heterocycles. The van der Waals surface area contributed by atoms with Crippen molar-refractivity contribution in [3.05, 3.63) is 81.1 Å². The van der Waals surface area contributed by atoms with Crippen LogP contribution in [0.1, 0.15) is 43.7 Å². The number of aromatic nitrogens is 2. The molecule has 1 aliphatic rings. The first-order chi connectivity index (χ1) is 15.8. The highest BCUT2D eigenvalue weighted by Crippen LogP contribution is 2.24. The maximum atomic E-state index is 12.9. The van der Waals surface area contributed by atoms with Crippen molar-refractivity contribution in [2.75, 3.05) is 23.3 Å². The largest absolute Gasteiger partial charge is 0.354 e. The number of nitrogens with one attached hydrogen (secondary N) is 1. The van der Waals surface area contributed by atoms with E-state index in [2.05, 4.69) is 41.3 Å². The van der Waals surface area contributed by atoms with Gasteiger partial charge in [-0.2, -0.15) is 4.68 Å². The molecule has 0 aliphatic carbocycles. The summed E-state index contributed by atoms with van der Waals surface area (Å²) < 4.78 is 1.36. The Hall–Kier alpha value is -3.12. The number of hydrogen-bond acceptors (Lipinski definition) is 4. The number of benzene rings is 2. The molecular weight excluding hydrogens is 436 g/mol. The van der Waals surface area contributed by atoms with Crippen LogP contribution in [0.4, 0.5) is 11.5 Å². The van der Waals surface area contributed by atoms with Crippen molar-refractivity contribution in [3.8, 4) is 5.69 Å². The molecule has 0 saturated carbocycles. The maximum Gasteiger partial charge on any atom is 0.271 e. The Balaban J connectivity index is 1.49. The quantitative estimate of drug-likeness (QED) is 0.565. The normalized spacial score (nSPS) is 16.2. The zero-order valence-corrected chi connectivity index (χ0v) is 20.0. The van der Waals surface area contributed by atoms with E-state index in [0.717, 1.165) is 30.6 Å². The second kappa shape index (κ2) is 9.79. The van der Waals surface area contributed by atoms with E-state index in [1.54, 1.807) is 12.1 Å². The fourth-order valence-corrected chi connectivity index (χ4v) is 4.24. The minimum absolute atomic E-state index is 0.00985. The van der Waals surface area contributed by atoms with Crippen LogP contribution >= 0.6 is 11.6 Å². The molecule has 1 saturated heterocycles. The molecule has 172 valence electrons. The Morgan fingerprint density at radius 3 is 2.58 bits per heavy atom. The first-order valence-corrected chi connectivity index (χ1v) is 11.7. The first-order valence-electron chi connectivity index (χ1n) is 11.3. The van der Waals surface area contributed by atoms with Crippen LogP contribution in [0.3, 0.4) is 0 Å². The van der Waals surface area contributed by atoms with Gasteiger partial charge in [-0.15, -0.1) is 5.10 Å². The van der Waals surface area contributed by atoms with Gasteiger partial charge in [0.2, 0.25) is 5.91 Å². The third kappa shape index (κ3) is 5.28. The minimum atomic E-state index is -0.227. The number of aryl methyl sites for hydroxylation is 1. The van der Waals surface area contributed by atoms with E-state index in [9.17, 15) is 9.59 Å². The van der Waals surface area contributed by atoms with Gasteiger partial charge in [-0.1, -0.05) is 43.6 Å². The Morgan fingerprint density at radius 2 is 1.88 bits per heavy atom. The summed E-state index contributed by atoms with van der Waals surface area (Å²) in [5, 5.41) is 8.22. The highest BCUT2D eigenvalue weighted by atomic mass is 35.5. The average molecular weight is 465 g/mol. The fraction of sp³-hybridized carbons (Fsp3) is 0.346. The van der Waals surface area contributed by atoms with E-state index in [-0.39, 0.29) is 17.4 Å². The lowest BCUT2D eigenvalue weighted by atomic mass is 9.97. The van der Waals surface area contributed by atoms with Crippen molar-refractivity contribution in [3.63, 3.8) is 0 Å². The molecule has 2 aromatic carbocycles. The lowest BCUT2D eigenvalue weighted by molar-refractivity contribution is -0.120. The number of piperidine rings is 1. The van der Waals surface area contributed by atoms with E-state index in [1.807, 2.05) is 31.2 Å². The van der Waals surface area contributed by atoms with Gasteiger partial charge in [0.25, 0.3) is 5.56 Å². The summed E-state index contributed by atoms with van der Waals surface area (Å²) in [6.45, 7) is 7.54. The zero-order valence-electron chi connectivity index (χ0n) is 19.2. The van der Waals surface area contributed by atoms with Gasteiger partial charge < -0.3 is 10.2 Å². The van der Waals surface area contributed by atoms with Crippen molar-refractivity contribution in [1.29, 1.82) is 0 Å². The van der Waals surface area contributed by atoms with Gasteiger partial charge in [0, 0.05) is 29.9 Å². The summed E-state index contributed by atoms with van der Waals surface area (Å²) in [4.78, 5) is 27.5. The molecule has 33 heavy (non-hydrogen) atoms. The number of amides is 1. The standard InChI is InChI=1S/C26H29ClN4O2/c1-17(2)19-7-9-21(10-8-19)28-26(33)20-5-4-14-30(16-20)24-12-13-25(32)31(29-24)22-11-6-18(3)23(27)15-22/h6-13,15,17,20H,4-5,14,16H2,1-3H3,(H,28,33)/t20-/m1/s1. The third-order valence-electron chi connectivity index (χ3n) is 6.15. The molecule has 6 nitrogen and oxygen atoms in total. The van der Waals surface area contributed by atoms with Gasteiger partial charge >= 0.3 is 0 Å². The van der Waals surface area contributed by atoms with Crippen molar-refractivity contribution in [1.82, 2.24) is 9.78 Å². The van der Waals surface area contributed by atoms with Crippen LogP contribution in [-0.4, -0.2) is 28.8 Å². The summed E-state index contributed by atoms with van der Waals surface area (Å²) in [6.07, 6.45) is 1.70. The van der Waals surface area contributed by atoms with Crippen molar-refractivity contribution in [2.45, 2.75) is 39.5 Å². The smallest absolute Gasteiger partial charge is 0.271 e. The van der Waals surface area contributed by atoms with Crippen LogP contribution in [0, 0.1) is 12.8 Å². The van der Waals surface area contributed by atoms with Gasteiger partial charge in [-0.05, 0) is 67.1 Å². The number of rotatable bonds is 5. The predicted octanol–water partition coefficient (Wildman–Crippen LogP) is 5.17. The van der Waals surface area contributed by atoms with E-state index >= 15 is 0 Å². The molecule has 0 radical (unpaired) electrons. The van der Waals surface area contributed by atoms with Crippen molar-refractivity contribution in [2.24, 2.45) is 5.92 Å². The molecular formula is C26H29ClN4O2. The molecule has 1 fully saturated rings. The number of anilines is 2. The van der Waals surface area contributed by atoms with E-state index in [1.165, 1.54) is 16.3 Å². The number of carbonyl (C=O) groups excluding carboxylic acids is 1. The second-order valence-corrected chi connectivity index (χ2v) is 9.33. The molecule has 3 aromatic rings. The lowest BCUT2D eigenvalue weighted by Crippen LogP contribution is -2.41. The third-order valence-corrected chi connectivity index (χ3v) is 6.55. The van der Waals surface area contributed by atoms with Crippen LogP contribution in [0.15, 0.2) is 59.4 Å². The Morgan fingerprint density at radius 1 is 1.12 bits per heavy atom. The maximum absolute atomic E-state index is 12.9. The van der Waals surface area contributed by atoms with Crippen LogP contribution in [0.5, 0.6) is 0 Å². The molecule has 1 N–H and O–H groups in total. The van der Waals surface area contributed by atoms with Gasteiger partial charge in [-0.3, -0.25) is 9.59 Å². The fourth-order valence-electron chi connectivity index (χ4n) is 4.06. The SMILES string of the molecule is Cc1ccc(-n2nc(N3CCC[C@@H](C(=O)Nc4ccc(C(C)C)cc4)C3)ccc2=O)cc1Cl. The molecule has 4 rings (SSSR count). The molecule has 0 unspecified atom stereocenters. The Kier molecular flexibility index (Phi) is 6.84. The lowest BCUT2D eigenvalue weighted by Gasteiger charge is -2.33. The summed E-state index contributed by atoms with van der Waals surface area (Å²) >= 11 is 6.25. The number of hydrogen-bond donors (Lipinski definition) is 1. The second-order valence-electron chi connectivity index (χ2n) is 8.93. The highest BCUT2D eigenvalue weighted by Gasteiger charge is 2.27. The summed E-state index contributed by atoms with van der Waals surface area (Å²) in [5.41, 5.74) is 3.38. The van der Waals surface area contributed by atoms with E-state index < -0.39 is 0 Å². The zero-order chi connectivity index (χ0) is 23.5. The molecule has 7 heteroatoms. The van der Waals surface area contributed by atoms with Crippen LogP contribution in [0.2, 0.25) is 5.02 Å². The molecule has 0 bridgehead atoms. The number of halogens is 1. The topological polar surface area (TPSA) is 67.2 Å². The Bertz CT molecular complexity index is 1200. The monoisotopic (exact) mass is 464 g/mol. The highest BCUT2D eigenvalue weighted by molar-refractivity contribution is 6.31.